The third kappa shape index (κ3) is 6.17. The van der Waals surface area contributed by atoms with E-state index in [1.807, 2.05) is 0 Å². The lowest BCUT2D eigenvalue weighted by molar-refractivity contribution is 0.195. The van der Waals surface area contributed by atoms with E-state index in [9.17, 15) is 0 Å². The molecule has 3 heteroatoms. The molecule has 0 spiro atoms. The first-order chi connectivity index (χ1) is 33.3. The molecule has 0 N–H and O–H groups in total. The Balaban J connectivity index is 1.24. The predicted octanol–water partition coefficient (Wildman–Crippen LogP) is 16.9. The highest BCUT2D eigenvalue weighted by atomic mass is 15.3. The molecule has 2 atom stereocenters. The predicted molar refractivity (Wildman–Crippen MR) is 303 cm³/mol. The SMILES string of the molecule is CCCCc1ccc(N2B3c4cc(CCCC)cc5c4N(c4cc(-c6c(C)cc(C)cc6C)cc(c43)-c3ccc4c(c32)C(C)(C)c2cc3c(cc2-4)C(C)(C)CCC3(C)C)C2(C)CCCCC52C)c(C)c1. The second-order valence-electron chi connectivity index (χ2n) is 25.8. The van der Waals surface area contributed by atoms with Crippen LogP contribution in [0.25, 0.3) is 33.4 Å². The summed E-state index contributed by atoms with van der Waals surface area (Å²) in [6, 6.07) is 33.6. The number of anilines is 4. The number of hydrogen-bond donors (Lipinski definition) is 0. The summed E-state index contributed by atoms with van der Waals surface area (Å²) in [7, 11) is 0. The second-order valence-corrected chi connectivity index (χ2v) is 25.8. The number of benzene rings is 6. The van der Waals surface area contributed by atoms with E-state index in [1.54, 1.807) is 16.7 Å². The quantitative estimate of drug-likeness (QED) is 0.140. The Morgan fingerprint density at radius 1 is 0.529 bits per heavy atom. The lowest BCUT2D eigenvalue weighted by Crippen LogP contribution is -2.65. The first-order valence-corrected chi connectivity index (χ1v) is 27.8. The smallest absolute Gasteiger partial charge is 0.333 e. The van der Waals surface area contributed by atoms with Crippen molar-refractivity contribution < 1.29 is 0 Å². The van der Waals surface area contributed by atoms with Crippen LogP contribution in [0.2, 0.25) is 0 Å². The molecule has 0 radical (unpaired) electrons. The van der Waals surface area contributed by atoms with Crippen molar-refractivity contribution >= 4 is 40.5 Å². The van der Waals surface area contributed by atoms with Crippen molar-refractivity contribution in [3.05, 3.63) is 140 Å². The Kier molecular flexibility index (Phi) is 10.2. The Morgan fingerprint density at radius 3 is 1.87 bits per heavy atom. The zero-order valence-corrected chi connectivity index (χ0v) is 45.5. The zero-order chi connectivity index (χ0) is 49.2. The molecule has 1 saturated carbocycles. The molecule has 3 aliphatic carbocycles. The van der Waals surface area contributed by atoms with Gasteiger partial charge in [-0.25, -0.2) is 0 Å². The lowest BCUT2D eigenvalue weighted by atomic mass is 9.42. The Bertz CT molecular complexity index is 3190. The number of fused-ring (bicyclic) bond motifs is 12. The van der Waals surface area contributed by atoms with Crippen molar-refractivity contribution in [2.24, 2.45) is 0 Å². The normalized spacial score (nSPS) is 22.2. The summed E-state index contributed by atoms with van der Waals surface area (Å²) >= 11 is 0. The standard InChI is InChI=1S/C67H79BN2/c1-15-17-21-44-23-26-56(41(4)33-44)70-61-48(25-24-47-49-38-52-53(39-51(49)65(11,12)59(47)61)64(9,10)30-29-63(52,7)8)50-36-46(58-42(5)31-40(3)32-43(58)6)37-57-60(50)68(70)55-35-45(22-18-16-2)34-54-62(55)69(57)67(14)28-20-19-27-66(54,67)13/h23-26,31-39H,15-22,27-30H2,1-14H3. The van der Waals surface area contributed by atoms with E-state index in [0.29, 0.717) is 0 Å². The number of nitrogens with zero attached hydrogens (tertiary/aromatic N) is 2. The van der Waals surface area contributed by atoms with Crippen LogP contribution in [0.3, 0.4) is 0 Å². The van der Waals surface area contributed by atoms with Gasteiger partial charge in [0.05, 0.1) is 5.54 Å². The molecule has 70 heavy (non-hydrogen) atoms. The van der Waals surface area contributed by atoms with Gasteiger partial charge in [-0.3, -0.25) is 0 Å². The monoisotopic (exact) mass is 923 g/mol. The third-order valence-electron chi connectivity index (χ3n) is 19.9. The zero-order valence-electron chi connectivity index (χ0n) is 45.5. The topological polar surface area (TPSA) is 6.48 Å². The minimum Gasteiger partial charge on any atom is -0.376 e. The van der Waals surface area contributed by atoms with Gasteiger partial charge in [-0.15, -0.1) is 0 Å². The van der Waals surface area contributed by atoms with Crippen LogP contribution in [0.5, 0.6) is 0 Å². The van der Waals surface area contributed by atoms with Crippen molar-refractivity contribution in [1.82, 2.24) is 0 Å². The van der Waals surface area contributed by atoms with Crippen LogP contribution in [-0.2, 0) is 34.5 Å². The summed E-state index contributed by atoms with van der Waals surface area (Å²) in [5.41, 5.74) is 33.4. The van der Waals surface area contributed by atoms with Crippen LogP contribution in [0, 0.1) is 27.7 Å². The third-order valence-corrected chi connectivity index (χ3v) is 19.9. The molecule has 2 nitrogen and oxygen atoms in total. The van der Waals surface area contributed by atoms with Crippen molar-refractivity contribution in [1.29, 1.82) is 0 Å². The average Bonchev–Trinajstić information content (AvgIpc) is 3.67. The number of rotatable bonds is 8. The summed E-state index contributed by atoms with van der Waals surface area (Å²) in [4.78, 5) is 5.90. The van der Waals surface area contributed by atoms with Gasteiger partial charge in [0.25, 0.3) is 0 Å². The molecule has 0 amide bonds. The molecule has 6 aliphatic rings. The first-order valence-electron chi connectivity index (χ1n) is 27.8. The highest BCUT2D eigenvalue weighted by Gasteiger charge is 2.62. The van der Waals surface area contributed by atoms with E-state index in [0.717, 1.165) is 12.8 Å². The largest absolute Gasteiger partial charge is 0.376 e. The highest BCUT2D eigenvalue weighted by molar-refractivity contribution is 6.93. The molecule has 1 fully saturated rings. The first kappa shape index (κ1) is 46.1. The van der Waals surface area contributed by atoms with Gasteiger partial charge in [0.2, 0.25) is 0 Å². The molecule has 12 rings (SSSR count). The summed E-state index contributed by atoms with van der Waals surface area (Å²) in [6.45, 7) is 34.5. The van der Waals surface area contributed by atoms with Crippen LogP contribution >= 0.6 is 0 Å². The molecule has 0 bridgehead atoms. The summed E-state index contributed by atoms with van der Waals surface area (Å²) in [6.07, 6.45) is 14.5. The maximum atomic E-state index is 2.96. The highest BCUT2D eigenvalue weighted by Crippen LogP contribution is 2.65. The molecule has 0 saturated heterocycles. The van der Waals surface area contributed by atoms with Gasteiger partial charge >= 0.3 is 6.85 Å². The van der Waals surface area contributed by atoms with Gasteiger partial charge < -0.3 is 9.71 Å². The molecule has 2 unspecified atom stereocenters. The summed E-state index contributed by atoms with van der Waals surface area (Å²) in [5.74, 6) is 0. The van der Waals surface area contributed by atoms with Crippen LogP contribution in [0.15, 0.2) is 78.9 Å². The van der Waals surface area contributed by atoms with Crippen molar-refractivity contribution in [2.75, 3.05) is 9.71 Å². The van der Waals surface area contributed by atoms with Gasteiger partial charge in [0.15, 0.2) is 0 Å². The van der Waals surface area contributed by atoms with E-state index in [4.69, 9.17) is 0 Å². The number of aryl methyl sites for hydroxylation is 6. The molecule has 360 valence electrons. The summed E-state index contributed by atoms with van der Waals surface area (Å²) < 4.78 is 0. The van der Waals surface area contributed by atoms with E-state index in [2.05, 4.69) is 186 Å². The van der Waals surface area contributed by atoms with Crippen LogP contribution in [0.1, 0.15) is 195 Å². The second kappa shape index (κ2) is 15.5. The average molecular weight is 923 g/mol. The van der Waals surface area contributed by atoms with Gasteiger partial charge in [0.1, 0.15) is 0 Å². The molecule has 3 aliphatic heterocycles. The molecular weight excluding hydrogens is 844 g/mol. The molecule has 6 aromatic carbocycles. The van der Waals surface area contributed by atoms with Gasteiger partial charge in [-0.05, 0) is 215 Å². The van der Waals surface area contributed by atoms with Crippen LogP contribution in [0.4, 0.5) is 22.7 Å². The number of hydrogen-bond acceptors (Lipinski definition) is 2. The fourth-order valence-corrected chi connectivity index (χ4v) is 15.9. The molecule has 0 aromatic heterocycles. The Hall–Kier alpha value is -5.02. The molecule has 3 heterocycles. The fourth-order valence-electron chi connectivity index (χ4n) is 15.9. The minimum atomic E-state index is -0.237. The van der Waals surface area contributed by atoms with E-state index < -0.39 is 0 Å². The van der Waals surface area contributed by atoms with E-state index in [-0.39, 0.29) is 34.0 Å². The van der Waals surface area contributed by atoms with Crippen LogP contribution in [-0.4, -0.2) is 12.4 Å². The maximum absolute atomic E-state index is 2.96. The lowest BCUT2D eigenvalue weighted by Gasteiger charge is -2.53. The minimum absolute atomic E-state index is 0.00275. The van der Waals surface area contributed by atoms with Crippen molar-refractivity contribution in [2.45, 2.75) is 201 Å². The van der Waals surface area contributed by atoms with Crippen molar-refractivity contribution in [3.8, 4) is 33.4 Å². The van der Waals surface area contributed by atoms with Gasteiger partial charge in [-0.1, -0.05) is 148 Å². The summed E-state index contributed by atoms with van der Waals surface area (Å²) in [5, 5.41) is 0. The molecular formula is C67H79BN2. The van der Waals surface area contributed by atoms with Gasteiger partial charge in [-0.2, -0.15) is 0 Å². The van der Waals surface area contributed by atoms with Gasteiger partial charge in [0, 0.05) is 39.1 Å². The van der Waals surface area contributed by atoms with E-state index in [1.165, 1.54) is 176 Å². The molecule has 6 aromatic rings. The number of unbranched alkanes of at least 4 members (excludes halogenated alkanes) is 2. The maximum Gasteiger partial charge on any atom is 0.333 e. The fraction of sp³-hybridized carbons (Fsp3) is 0.463. The Labute approximate surface area is 422 Å². The van der Waals surface area contributed by atoms with Crippen molar-refractivity contribution in [3.63, 3.8) is 0 Å². The van der Waals surface area contributed by atoms with E-state index >= 15 is 0 Å². The Morgan fingerprint density at radius 2 is 1.19 bits per heavy atom. The van der Waals surface area contributed by atoms with Crippen LogP contribution < -0.4 is 20.6 Å².